The van der Waals surface area contributed by atoms with Crippen molar-refractivity contribution in [2.75, 3.05) is 43.9 Å². The van der Waals surface area contributed by atoms with Crippen LogP contribution in [-0.2, 0) is 14.9 Å². The third-order valence-electron chi connectivity index (χ3n) is 3.80. The monoisotopic (exact) mass is 292 g/mol. The van der Waals surface area contributed by atoms with Crippen LogP contribution in [0.4, 0.5) is 11.4 Å². The molecule has 1 saturated heterocycles. The van der Waals surface area contributed by atoms with Crippen molar-refractivity contribution in [2.45, 2.75) is 26.2 Å². The molecule has 1 aliphatic heterocycles. The van der Waals surface area contributed by atoms with Gasteiger partial charge in [-0.15, -0.1) is 0 Å². The summed E-state index contributed by atoms with van der Waals surface area (Å²) in [7, 11) is 0. The first kappa shape index (κ1) is 15.8. The number of amides is 1. The van der Waals surface area contributed by atoms with Crippen molar-refractivity contribution in [3.8, 4) is 0 Å². The van der Waals surface area contributed by atoms with Crippen LogP contribution in [0, 0.1) is 0 Å². The average molecular weight is 292 g/mol. The zero-order chi connectivity index (χ0) is 15.5. The molecule has 1 aromatic rings. The van der Waals surface area contributed by atoms with Crippen molar-refractivity contribution in [3.63, 3.8) is 0 Å². The Hall–Kier alpha value is -1.59. The Balaban J connectivity index is 1.97. The lowest BCUT2D eigenvalue weighted by molar-refractivity contribution is -0.899. The molecule has 0 unspecified atom stereocenters. The van der Waals surface area contributed by atoms with Gasteiger partial charge in [0, 0.05) is 0 Å². The summed E-state index contributed by atoms with van der Waals surface area (Å²) in [5.74, 6) is 0.00195. The molecule has 0 radical (unpaired) electrons. The summed E-state index contributed by atoms with van der Waals surface area (Å²) in [6.45, 7) is 10.1. The molecule has 1 fully saturated rings. The molecule has 0 atom stereocenters. The second-order valence-electron chi connectivity index (χ2n) is 6.64. The Labute approximate surface area is 126 Å². The number of ether oxygens (including phenoxy) is 1. The number of nitrogen functional groups attached to an aromatic ring is 1. The molecule has 21 heavy (non-hydrogen) atoms. The van der Waals surface area contributed by atoms with Gasteiger partial charge in [0.2, 0.25) is 0 Å². The van der Waals surface area contributed by atoms with Gasteiger partial charge < -0.3 is 20.7 Å². The fourth-order valence-corrected chi connectivity index (χ4v) is 2.40. The summed E-state index contributed by atoms with van der Waals surface area (Å²) in [4.78, 5) is 13.3. The van der Waals surface area contributed by atoms with Gasteiger partial charge >= 0.3 is 0 Å². The second kappa shape index (κ2) is 6.45. The van der Waals surface area contributed by atoms with Gasteiger partial charge in [0.1, 0.15) is 13.1 Å². The number of nitrogens with one attached hydrogen (secondary N) is 2. The summed E-state index contributed by atoms with van der Waals surface area (Å²) in [6.07, 6.45) is 0. The number of benzene rings is 1. The molecule has 0 saturated carbocycles. The van der Waals surface area contributed by atoms with Crippen molar-refractivity contribution < 1.29 is 14.4 Å². The average Bonchev–Trinajstić information content (AvgIpc) is 2.41. The minimum Gasteiger partial charge on any atom is -0.397 e. The number of morpholine rings is 1. The van der Waals surface area contributed by atoms with Gasteiger partial charge in [-0.1, -0.05) is 26.8 Å². The van der Waals surface area contributed by atoms with Crippen LogP contribution < -0.4 is 16.0 Å². The Morgan fingerprint density at radius 1 is 1.33 bits per heavy atom. The largest absolute Gasteiger partial charge is 0.397 e. The number of quaternary nitrogens is 1. The van der Waals surface area contributed by atoms with E-state index in [1.54, 1.807) is 0 Å². The van der Waals surface area contributed by atoms with Gasteiger partial charge in [-0.05, 0) is 23.1 Å². The number of carbonyl (C=O) groups excluding carboxylic acids is 1. The van der Waals surface area contributed by atoms with Crippen molar-refractivity contribution in [3.05, 3.63) is 23.8 Å². The van der Waals surface area contributed by atoms with Gasteiger partial charge in [-0.25, -0.2) is 0 Å². The molecule has 116 valence electrons. The van der Waals surface area contributed by atoms with Gasteiger partial charge in [-0.3, -0.25) is 4.79 Å². The van der Waals surface area contributed by atoms with E-state index in [-0.39, 0.29) is 11.3 Å². The first-order valence-corrected chi connectivity index (χ1v) is 7.47. The molecule has 4 N–H and O–H groups in total. The maximum Gasteiger partial charge on any atom is 0.279 e. The topological polar surface area (TPSA) is 68.8 Å². The highest BCUT2D eigenvalue weighted by Gasteiger charge is 2.19. The standard InChI is InChI=1S/C16H25N3O2/c1-16(2,3)12-4-5-14(13(17)10-12)18-15(20)11-19-6-8-21-9-7-19/h4-5,10H,6-9,11,17H2,1-3H3,(H,18,20)/p+1. The summed E-state index contributed by atoms with van der Waals surface area (Å²) in [6, 6.07) is 5.85. The van der Waals surface area contributed by atoms with Crippen LogP contribution in [0.25, 0.3) is 0 Å². The van der Waals surface area contributed by atoms with Gasteiger partial charge in [0.15, 0.2) is 6.54 Å². The van der Waals surface area contributed by atoms with Crippen molar-refractivity contribution >= 4 is 17.3 Å². The Bertz CT molecular complexity index is 503. The highest BCUT2D eigenvalue weighted by atomic mass is 16.5. The predicted molar refractivity (Wildman–Crippen MR) is 84.6 cm³/mol. The van der Waals surface area contributed by atoms with E-state index in [2.05, 4.69) is 26.1 Å². The van der Waals surface area contributed by atoms with Crippen LogP contribution in [0.15, 0.2) is 18.2 Å². The summed E-state index contributed by atoms with van der Waals surface area (Å²) >= 11 is 0. The number of carbonyl (C=O) groups is 1. The van der Waals surface area contributed by atoms with Crippen LogP contribution in [0.2, 0.25) is 0 Å². The highest BCUT2D eigenvalue weighted by Crippen LogP contribution is 2.28. The lowest BCUT2D eigenvalue weighted by atomic mass is 9.86. The number of rotatable bonds is 3. The molecule has 1 aromatic carbocycles. The number of hydrogen-bond acceptors (Lipinski definition) is 3. The maximum absolute atomic E-state index is 12.1. The van der Waals surface area contributed by atoms with Crippen LogP contribution in [0.1, 0.15) is 26.3 Å². The van der Waals surface area contributed by atoms with E-state index in [9.17, 15) is 4.79 Å². The van der Waals surface area contributed by atoms with E-state index in [1.165, 1.54) is 4.90 Å². The molecule has 1 aliphatic rings. The van der Waals surface area contributed by atoms with E-state index in [4.69, 9.17) is 10.5 Å². The molecule has 0 bridgehead atoms. The van der Waals surface area contributed by atoms with E-state index < -0.39 is 0 Å². The van der Waals surface area contributed by atoms with E-state index >= 15 is 0 Å². The molecule has 0 spiro atoms. The lowest BCUT2D eigenvalue weighted by Crippen LogP contribution is -3.15. The molecule has 1 amide bonds. The van der Waals surface area contributed by atoms with Crippen molar-refractivity contribution in [1.82, 2.24) is 0 Å². The van der Waals surface area contributed by atoms with Crippen LogP contribution in [0.3, 0.4) is 0 Å². The van der Waals surface area contributed by atoms with Gasteiger partial charge in [0.05, 0.1) is 24.6 Å². The second-order valence-corrected chi connectivity index (χ2v) is 6.64. The Kier molecular flexibility index (Phi) is 4.85. The van der Waals surface area contributed by atoms with Crippen LogP contribution in [0.5, 0.6) is 0 Å². The lowest BCUT2D eigenvalue weighted by Gasteiger charge is -2.23. The van der Waals surface area contributed by atoms with Crippen LogP contribution in [-0.4, -0.2) is 38.8 Å². The quantitative estimate of drug-likeness (QED) is 0.707. The van der Waals surface area contributed by atoms with Crippen molar-refractivity contribution in [1.29, 1.82) is 0 Å². The van der Waals surface area contributed by atoms with E-state index in [1.807, 2.05) is 18.2 Å². The summed E-state index contributed by atoms with van der Waals surface area (Å²) in [5, 5.41) is 2.91. The van der Waals surface area contributed by atoms with E-state index in [0.717, 1.165) is 31.9 Å². The molecule has 5 nitrogen and oxygen atoms in total. The minimum atomic E-state index is 0.00195. The van der Waals surface area contributed by atoms with Gasteiger partial charge in [0.25, 0.3) is 5.91 Å². The number of nitrogens with two attached hydrogens (primary N) is 1. The number of anilines is 2. The summed E-state index contributed by atoms with van der Waals surface area (Å²) in [5.41, 5.74) is 8.59. The fraction of sp³-hybridized carbons (Fsp3) is 0.562. The first-order valence-electron chi connectivity index (χ1n) is 7.47. The minimum absolute atomic E-state index is 0.00195. The van der Waals surface area contributed by atoms with Gasteiger partial charge in [-0.2, -0.15) is 0 Å². The van der Waals surface area contributed by atoms with Crippen LogP contribution >= 0.6 is 0 Å². The van der Waals surface area contributed by atoms with E-state index in [0.29, 0.717) is 17.9 Å². The molecule has 5 heteroatoms. The maximum atomic E-state index is 12.1. The molecule has 0 aromatic heterocycles. The normalized spacial score (nSPS) is 16.7. The fourth-order valence-electron chi connectivity index (χ4n) is 2.40. The summed E-state index contributed by atoms with van der Waals surface area (Å²) < 4.78 is 5.29. The Morgan fingerprint density at radius 3 is 2.57 bits per heavy atom. The Morgan fingerprint density at radius 2 is 2.00 bits per heavy atom. The first-order chi connectivity index (χ1) is 9.86. The molecule has 0 aliphatic carbocycles. The highest BCUT2D eigenvalue weighted by molar-refractivity contribution is 5.94. The smallest absolute Gasteiger partial charge is 0.279 e. The predicted octanol–water partition coefficient (Wildman–Crippen LogP) is 0.420. The molecular weight excluding hydrogens is 266 g/mol. The molecular formula is C16H26N3O2+. The number of hydrogen-bond donors (Lipinski definition) is 3. The zero-order valence-corrected chi connectivity index (χ0v) is 13.2. The third-order valence-corrected chi connectivity index (χ3v) is 3.80. The third kappa shape index (κ3) is 4.44. The molecule has 2 rings (SSSR count). The molecule has 1 heterocycles. The van der Waals surface area contributed by atoms with Crippen molar-refractivity contribution in [2.24, 2.45) is 0 Å². The zero-order valence-electron chi connectivity index (χ0n) is 13.2. The SMILES string of the molecule is CC(C)(C)c1ccc(NC(=O)C[NH+]2CCOCC2)c(N)c1.